The van der Waals surface area contributed by atoms with E-state index >= 15 is 0 Å². The zero-order valence-corrected chi connectivity index (χ0v) is 14.6. The lowest BCUT2D eigenvalue weighted by atomic mass is 9.83. The van der Waals surface area contributed by atoms with E-state index in [-0.39, 0.29) is 17.8 Å². The van der Waals surface area contributed by atoms with E-state index in [0.717, 1.165) is 16.8 Å². The van der Waals surface area contributed by atoms with Gasteiger partial charge in [-0.3, -0.25) is 0 Å². The van der Waals surface area contributed by atoms with Gasteiger partial charge in [0.2, 0.25) is 0 Å². The van der Waals surface area contributed by atoms with Crippen LogP contribution in [-0.4, -0.2) is 11.7 Å². The van der Waals surface area contributed by atoms with Crippen molar-refractivity contribution in [3.8, 4) is 0 Å². The van der Waals surface area contributed by atoms with E-state index in [1.54, 1.807) is 6.08 Å². The Kier molecular flexibility index (Phi) is 8.06. The van der Waals surface area contributed by atoms with Gasteiger partial charge in [-0.25, -0.2) is 4.39 Å². The van der Waals surface area contributed by atoms with Gasteiger partial charge in [-0.05, 0) is 51.9 Å². The molecule has 114 valence electrons. The summed E-state index contributed by atoms with van der Waals surface area (Å²) >= 11 is 3.17. The highest BCUT2D eigenvalue weighted by Crippen LogP contribution is 2.33. The van der Waals surface area contributed by atoms with E-state index in [2.05, 4.69) is 27.8 Å². The smallest absolute Gasteiger partial charge is 0.153 e. The van der Waals surface area contributed by atoms with Crippen LogP contribution in [0, 0.1) is 5.41 Å². The number of hydrogen-bond donors (Lipinski definition) is 2. The zero-order chi connectivity index (χ0) is 15.9. The summed E-state index contributed by atoms with van der Waals surface area (Å²) in [6.45, 7) is 13.9. The molecule has 1 aliphatic heterocycles. The minimum Gasteiger partial charge on any atom is -0.396 e. The third kappa shape index (κ3) is 5.63. The SMILES string of the molecule is C=C1/C=C(Br)\C(F)=C/N/C(C)=C\1CC(C)(C)CO.CC. The molecular weight excluding hydrogens is 321 g/mol. The lowest BCUT2D eigenvalue weighted by Gasteiger charge is -2.26. The molecule has 0 saturated heterocycles. The molecule has 0 aromatic heterocycles. The number of aliphatic hydroxyl groups excluding tert-OH is 1. The number of allylic oxidation sites excluding steroid dienone is 6. The fourth-order valence-electron chi connectivity index (χ4n) is 1.66. The maximum Gasteiger partial charge on any atom is 0.153 e. The van der Waals surface area contributed by atoms with E-state index in [9.17, 15) is 9.50 Å². The predicted molar refractivity (Wildman–Crippen MR) is 88.0 cm³/mol. The molecule has 1 aliphatic rings. The second-order valence-electron chi connectivity index (χ2n) is 5.26. The summed E-state index contributed by atoms with van der Waals surface area (Å²) in [5.41, 5.74) is 2.36. The summed E-state index contributed by atoms with van der Waals surface area (Å²) < 4.78 is 13.8. The summed E-state index contributed by atoms with van der Waals surface area (Å²) in [5.74, 6) is -0.365. The summed E-state index contributed by atoms with van der Waals surface area (Å²) in [6, 6.07) is 0. The van der Waals surface area contributed by atoms with Crippen LogP contribution in [0.25, 0.3) is 0 Å². The molecule has 20 heavy (non-hydrogen) atoms. The fourth-order valence-corrected chi connectivity index (χ4v) is 2.05. The highest BCUT2D eigenvalue weighted by Gasteiger charge is 2.22. The van der Waals surface area contributed by atoms with Gasteiger partial charge in [0.1, 0.15) is 0 Å². The first-order valence-electron chi connectivity index (χ1n) is 6.76. The van der Waals surface area contributed by atoms with Crippen molar-refractivity contribution in [2.24, 2.45) is 5.41 Å². The van der Waals surface area contributed by atoms with Crippen LogP contribution in [0.2, 0.25) is 0 Å². The van der Waals surface area contributed by atoms with Crippen molar-refractivity contribution in [3.05, 3.63) is 46.0 Å². The Bertz CT molecular complexity index is 447. The molecule has 2 nitrogen and oxygen atoms in total. The fraction of sp³-hybridized carbons (Fsp3) is 0.500. The van der Waals surface area contributed by atoms with E-state index in [4.69, 9.17) is 0 Å². The summed E-state index contributed by atoms with van der Waals surface area (Å²) in [4.78, 5) is 0. The number of nitrogens with one attached hydrogen (secondary N) is 1. The molecule has 4 heteroatoms. The minimum atomic E-state index is -0.365. The average Bonchev–Trinajstić information content (AvgIpc) is 2.43. The Balaban J connectivity index is 0.00000172. The van der Waals surface area contributed by atoms with E-state index in [1.807, 2.05) is 34.6 Å². The minimum absolute atomic E-state index is 0.0894. The lowest BCUT2D eigenvalue weighted by molar-refractivity contribution is 0.160. The van der Waals surface area contributed by atoms with Crippen LogP contribution in [0.3, 0.4) is 0 Å². The van der Waals surface area contributed by atoms with Gasteiger partial charge in [-0.15, -0.1) is 0 Å². The van der Waals surface area contributed by atoms with Gasteiger partial charge >= 0.3 is 0 Å². The summed E-state index contributed by atoms with van der Waals surface area (Å²) in [6.07, 6.45) is 3.65. The molecule has 0 spiro atoms. The van der Waals surface area contributed by atoms with Crippen LogP contribution < -0.4 is 5.32 Å². The number of hydrogen-bond acceptors (Lipinski definition) is 2. The molecule has 1 heterocycles. The largest absolute Gasteiger partial charge is 0.396 e. The molecule has 0 aliphatic carbocycles. The van der Waals surface area contributed by atoms with Crippen LogP contribution in [0.1, 0.15) is 41.0 Å². The van der Waals surface area contributed by atoms with Crippen molar-refractivity contribution in [1.29, 1.82) is 0 Å². The van der Waals surface area contributed by atoms with Crippen molar-refractivity contribution in [2.45, 2.75) is 41.0 Å². The normalized spacial score (nSPS) is 25.1. The van der Waals surface area contributed by atoms with Gasteiger partial charge in [-0.2, -0.15) is 0 Å². The molecule has 0 unspecified atom stereocenters. The Labute approximate surface area is 130 Å². The Morgan fingerprint density at radius 2 is 1.95 bits per heavy atom. The number of halogens is 2. The molecule has 1 rings (SSSR count). The standard InChI is InChI=1S/C14H19BrFNO.C2H6/c1-9-5-12(15)13(16)7-17-10(2)11(9)6-14(3,4)8-18;1-2/h5,7,17-18H,1,6,8H2,2-4H3;1-2H3/b11-10-,12-5+,13-7+;. The van der Waals surface area contributed by atoms with Crippen LogP contribution in [0.4, 0.5) is 4.39 Å². The summed E-state index contributed by atoms with van der Waals surface area (Å²) in [5, 5.41) is 12.3. The molecule has 0 amide bonds. The predicted octanol–water partition coefficient (Wildman–Crippen LogP) is 4.94. The second-order valence-corrected chi connectivity index (χ2v) is 6.11. The molecule has 0 aromatic rings. The average molecular weight is 346 g/mol. The Hall–Kier alpha value is -0.870. The quantitative estimate of drug-likeness (QED) is 0.758. The molecule has 0 saturated carbocycles. The first-order chi connectivity index (χ1) is 9.26. The van der Waals surface area contributed by atoms with Crippen molar-refractivity contribution in [2.75, 3.05) is 6.61 Å². The zero-order valence-electron chi connectivity index (χ0n) is 13.0. The van der Waals surface area contributed by atoms with E-state index in [1.165, 1.54) is 6.20 Å². The van der Waals surface area contributed by atoms with Crippen LogP contribution in [0.15, 0.2) is 46.0 Å². The van der Waals surface area contributed by atoms with E-state index < -0.39 is 0 Å². The van der Waals surface area contributed by atoms with Crippen LogP contribution >= 0.6 is 15.9 Å². The Morgan fingerprint density at radius 3 is 2.45 bits per heavy atom. The number of rotatable bonds is 3. The maximum atomic E-state index is 13.5. The van der Waals surface area contributed by atoms with Gasteiger partial charge in [0.05, 0.1) is 4.48 Å². The molecule has 0 bridgehead atoms. The third-order valence-electron chi connectivity index (χ3n) is 2.87. The van der Waals surface area contributed by atoms with Crippen molar-refractivity contribution in [1.82, 2.24) is 5.32 Å². The monoisotopic (exact) mass is 345 g/mol. The molecular formula is C16H25BrFNO. The Morgan fingerprint density at radius 1 is 1.40 bits per heavy atom. The van der Waals surface area contributed by atoms with Crippen molar-refractivity contribution >= 4 is 15.9 Å². The molecule has 2 N–H and O–H groups in total. The molecule has 0 fully saturated rings. The van der Waals surface area contributed by atoms with Gasteiger partial charge < -0.3 is 10.4 Å². The highest BCUT2D eigenvalue weighted by molar-refractivity contribution is 9.11. The van der Waals surface area contributed by atoms with E-state index in [0.29, 0.717) is 10.9 Å². The first-order valence-corrected chi connectivity index (χ1v) is 7.56. The molecule has 0 atom stereocenters. The summed E-state index contributed by atoms with van der Waals surface area (Å²) in [7, 11) is 0. The molecule has 0 aromatic carbocycles. The van der Waals surface area contributed by atoms with Crippen LogP contribution in [-0.2, 0) is 0 Å². The molecule has 0 radical (unpaired) electrons. The number of aliphatic hydroxyl groups is 1. The van der Waals surface area contributed by atoms with Gasteiger partial charge in [-0.1, -0.05) is 34.3 Å². The lowest BCUT2D eigenvalue weighted by Crippen LogP contribution is -2.20. The van der Waals surface area contributed by atoms with Crippen molar-refractivity contribution in [3.63, 3.8) is 0 Å². The van der Waals surface area contributed by atoms with Gasteiger partial charge in [0.15, 0.2) is 5.83 Å². The van der Waals surface area contributed by atoms with Crippen molar-refractivity contribution < 1.29 is 9.50 Å². The second kappa shape index (κ2) is 8.42. The topological polar surface area (TPSA) is 32.3 Å². The third-order valence-corrected chi connectivity index (χ3v) is 3.48. The van der Waals surface area contributed by atoms with Gasteiger partial charge in [0, 0.05) is 18.5 Å². The first kappa shape index (κ1) is 19.1. The van der Waals surface area contributed by atoms with Gasteiger partial charge in [0.25, 0.3) is 0 Å². The maximum absolute atomic E-state index is 13.5. The van der Waals surface area contributed by atoms with Crippen LogP contribution in [0.5, 0.6) is 0 Å². The highest BCUT2D eigenvalue weighted by atomic mass is 79.9.